The molecule has 0 aliphatic carbocycles. The highest BCUT2D eigenvalue weighted by atomic mass is 16.2. The number of nitrogens with one attached hydrogen (secondary N) is 2. The fourth-order valence-corrected chi connectivity index (χ4v) is 1.96. The maximum Gasteiger partial charge on any atom is 0.242 e. The van der Waals surface area contributed by atoms with Crippen LogP contribution in [0, 0.1) is 5.41 Å². The summed E-state index contributed by atoms with van der Waals surface area (Å²) in [6.07, 6.45) is 0.483. The Morgan fingerprint density at radius 3 is 2.26 bits per heavy atom. The van der Waals surface area contributed by atoms with Crippen molar-refractivity contribution in [2.75, 3.05) is 27.2 Å². The molecule has 5 heteroatoms. The van der Waals surface area contributed by atoms with E-state index in [1.54, 1.807) is 0 Å². The summed E-state index contributed by atoms with van der Waals surface area (Å²) in [6, 6.07) is 9.16. The molecule has 1 aromatic rings. The minimum atomic E-state index is -0.564. The van der Waals surface area contributed by atoms with Crippen LogP contribution in [0.1, 0.15) is 26.3 Å². The van der Waals surface area contributed by atoms with Crippen LogP contribution in [0.25, 0.3) is 0 Å². The number of nitrogens with zero attached hydrogens (tertiary/aromatic N) is 1. The van der Waals surface area contributed by atoms with E-state index in [9.17, 15) is 9.59 Å². The highest BCUT2D eigenvalue weighted by Gasteiger charge is 2.27. The minimum absolute atomic E-state index is 0.124. The van der Waals surface area contributed by atoms with E-state index in [2.05, 4.69) is 10.6 Å². The van der Waals surface area contributed by atoms with Crippen LogP contribution < -0.4 is 10.6 Å². The lowest BCUT2D eigenvalue weighted by Crippen LogP contribution is -2.51. The molecule has 0 heterocycles. The van der Waals surface area contributed by atoms with Gasteiger partial charge in [-0.1, -0.05) is 51.1 Å². The summed E-state index contributed by atoms with van der Waals surface area (Å²) >= 11 is 0. The van der Waals surface area contributed by atoms with Crippen molar-refractivity contribution in [2.24, 2.45) is 5.41 Å². The Morgan fingerprint density at radius 1 is 1.13 bits per heavy atom. The normalized spacial score (nSPS) is 12.8. The van der Waals surface area contributed by atoms with Crippen LogP contribution in [-0.2, 0) is 16.0 Å². The van der Waals surface area contributed by atoms with Gasteiger partial charge in [0.25, 0.3) is 0 Å². The average molecular weight is 319 g/mol. The van der Waals surface area contributed by atoms with Gasteiger partial charge in [-0.05, 0) is 19.7 Å². The first-order valence-corrected chi connectivity index (χ1v) is 7.97. The number of carbonyl (C=O) groups excluding carboxylic acids is 2. The Labute approximate surface area is 139 Å². The fraction of sp³-hybridized carbons (Fsp3) is 0.556. The minimum Gasteiger partial charge on any atom is -0.353 e. The predicted molar refractivity (Wildman–Crippen MR) is 93.1 cm³/mol. The number of likely N-dealkylation sites (N-methyl/N-ethyl adjacent to an activating group) is 1. The van der Waals surface area contributed by atoms with E-state index in [0.717, 1.165) is 12.1 Å². The number of carbonyl (C=O) groups is 2. The second-order valence-electron chi connectivity index (χ2n) is 7.06. The van der Waals surface area contributed by atoms with Gasteiger partial charge in [0.15, 0.2) is 0 Å². The van der Waals surface area contributed by atoms with E-state index >= 15 is 0 Å². The van der Waals surface area contributed by atoms with Crippen molar-refractivity contribution in [3.05, 3.63) is 35.9 Å². The van der Waals surface area contributed by atoms with E-state index in [0.29, 0.717) is 13.0 Å². The maximum atomic E-state index is 12.4. The molecular weight excluding hydrogens is 290 g/mol. The van der Waals surface area contributed by atoms with Crippen molar-refractivity contribution in [3.8, 4) is 0 Å². The molecule has 1 unspecified atom stereocenters. The number of hydrogen-bond donors (Lipinski definition) is 2. The van der Waals surface area contributed by atoms with Crippen LogP contribution in [0.2, 0.25) is 0 Å². The molecule has 0 saturated carbocycles. The molecule has 128 valence electrons. The van der Waals surface area contributed by atoms with E-state index < -0.39 is 11.5 Å². The molecule has 0 saturated heterocycles. The topological polar surface area (TPSA) is 61.4 Å². The smallest absolute Gasteiger partial charge is 0.242 e. The second kappa shape index (κ2) is 8.67. The monoisotopic (exact) mass is 319 g/mol. The lowest BCUT2D eigenvalue weighted by atomic mass is 9.94. The van der Waals surface area contributed by atoms with Gasteiger partial charge >= 0.3 is 0 Å². The van der Waals surface area contributed by atoms with Crippen LogP contribution in [0.15, 0.2) is 30.3 Å². The SMILES string of the molecule is CN(C)CCNC(=O)C(Cc1ccccc1)NC(=O)C(C)(C)C. The molecule has 0 radical (unpaired) electrons. The van der Waals surface area contributed by atoms with Crippen LogP contribution in [-0.4, -0.2) is 49.9 Å². The van der Waals surface area contributed by atoms with Crippen LogP contribution in [0.3, 0.4) is 0 Å². The molecule has 1 atom stereocenters. The molecule has 0 aliphatic rings. The van der Waals surface area contributed by atoms with Gasteiger partial charge < -0.3 is 15.5 Å². The molecule has 0 spiro atoms. The van der Waals surface area contributed by atoms with E-state index in [-0.39, 0.29) is 11.8 Å². The van der Waals surface area contributed by atoms with Gasteiger partial charge in [-0.3, -0.25) is 9.59 Å². The van der Waals surface area contributed by atoms with Gasteiger partial charge in [-0.2, -0.15) is 0 Å². The highest BCUT2D eigenvalue weighted by molar-refractivity contribution is 5.89. The average Bonchev–Trinajstić information content (AvgIpc) is 2.46. The number of rotatable bonds is 7. The molecular formula is C18H29N3O2. The molecule has 2 N–H and O–H groups in total. The summed E-state index contributed by atoms with van der Waals surface area (Å²) in [7, 11) is 3.91. The lowest BCUT2D eigenvalue weighted by Gasteiger charge is -2.24. The first-order valence-electron chi connectivity index (χ1n) is 7.97. The number of amides is 2. The Balaban J connectivity index is 2.75. The molecule has 2 amide bonds. The number of hydrogen-bond acceptors (Lipinski definition) is 3. The van der Waals surface area contributed by atoms with Crippen molar-refractivity contribution in [3.63, 3.8) is 0 Å². The predicted octanol–water partition coefficient (Wildman–Crippen LogP) is 1.44. The van der Waals surface area contributed by atoms with Gasteiger partial charge in [0.05, 0.1) is 0 Å². The molecule has 0 bridgehead atoms. The quantitative estimate of drug-likeness (QED) is 0.799. The zero-order valence-electron chi connectivity index (χ0n) is 14.8. The second-order valence-corrected chi connectivity index (χ2v) is 7.06. The third-order valence-electron chi connectivity index (χ3n) is 3.44. The van der Waals surface area contributed by atoms with E-state index in [1.807, 2.05) is 70.1 Å². The summed E-state index contributed by atoms with van der Waals surface area (Å²) in [5, 5.41) is 5.77. The van der Waals surface area contributed by atoms with Gasteiger partial charge in [-0.25, -0.2) is 0 Å². The summed E-state index contributed by atoms with van der Waals surface area (Å²) < 4.78 is 0. The summed E-state index contributed by atoms with van der Waals surface area (Å²) in [5.41, 5.74) is 0.494. The lowest BCUT2D eigenvalue weighted by molar-refractivity contribution is -0.133. The van der Waals surface area contributed by atoms with Crippen LogP contribution in [0.5, 0.6) is 0 Å². The van der Waals surface area contributed by atoms with Crippen molar-refractivity contribution in [2.45, 2.75) is 33.2 Å². The molecule has 5 nitrogen and oxygen atoms in total. The van der Waals surface area contributed by atoms with Crippen molar-refractivity contribution >= 4 is 11.8 Å². The van der Waals surface area contributed by atoms with Gasteiger partial charge in [0, 0.05) is 24.9 Å². The van der Waals surface area contributed by atoms with Crippen molar-refractivity contribution < 1.29 is 9.59 Å². The zero-order chi connectivity index (χ0) is 17.5. The molecule has 1 rings (SSSR count). The standard InChI is InChI=1S/C18H29N3O2/c1-18(2,3)17(23)20-15(13-14-9-7-6-8-10-14)16(22)19-11-12-21(4)5/h6-10,15H,11-13H2,1-5H3,(H,19,22)(H,20,23). The Kier molecular flexibility index (Phi) is 7.23. The van der Waals surface area contributed by atoms with Gasteiger partial charge in [0.1, 0.15) is 6.04 Å². The molecule has 23 heavy (non-hydrogen) atoms. The summed E-state index contributed by atoms with van der Waals surface area (Å²) in [5.74, 6) is -0.269. The zero-order valence-corrected chi connectivity index (χ0v) is 14.8. The summed E-state index contributed by atoms with van der Waals surface area (Å²) in [4.78, 5) is 26.7. The van der Waals surface area contributed by atoms with Gasteiger partial charge in [0.2, 0.25) is 11.8 Å². The van der Waals surface area contributed by atoms with Gasteiger partial charge in [-0.15, -0.1) is 0 Å². The highest BCUT2D eigenvalue weighted by Crippen LogP contribution is 2.14. The number of benzene rings is 1. The summed E-state index contributed by atoms with van der Waals surface area (Å²) in [6.45, 7) is 6.84. The van der Waals surface area contributed by atoms with E-state index in [1.165, 1.54) is 0 Å². The molecule has 1 aromatic carbocycles. The molecule has 0 aromatic heterocycles. The maximum absolute atomic E-state index is 12.4. The fourth-order valence-electron chi connectivity index (χ4n) is 1.96. The van der Waals surface area contributed by atoms with Crippen LogP contribution >= 0.6 is 0 Å². The largest absolute Gasteiger partial charge is 0.353 e. The third-order valence-corrected chi connectivity index (χ3v) is 3.44. The first kappa shape index (κ1) is 19.2. The Hall–Kier alpha value is -1.88. The van der Waals surface area contributed by atoms with E-state index in [4.69, 9.17) is 0 Å². The Morgan fingerprint density at radius 2 is 1.74 bits per heavy atom. The van der Waals surface area contributed by atoms with Crippen LogP contribution in [0.4, 0.5) is 0 Å². The Bertz CT molecular complexity index is 507. The molecule has 0 fully saturated rings. The third kappa shape index (κ3) is 7.28. The van der Waals surface area contributed by atoms with Crippen molar-refractivity contribution in [1.82, 2.24) is 15.5 Å². The first-order chi connectivity index (χ1) is 10.7. The van der Waals surface area contributed by atoms with Crippen molar-refractivity contribution in [1.29, 1.82) is 0 Å². The molecule has 0 aliphatic heterocycles.